The average Bonchev–Trinajstić information content (AvgIpc) is 2.31. The predicted molar refractivity (Wildman–Crippen MR) is 68.7 cm³/mol. The summed E-state index contributed by atoms with van der Waals surface area (Å²) in [5.74, 6) is 0.506. The Morgan fingerprint density at radius 2 is 2.00 bits per heavy atom. The van der Waals surface area contributed by atoms with Gasteiger partial charge in [0, 0.05) is 19.2 Å². The average molecular weight is 231 g/mol. The molecule has 0 saturated heterocycles. The zero-order valence-electron chi connectivity index (χ0n) is 11.3. The van der Waals surface area contributed by atoms with Crippen LogP contribution in [0.2, 0.25) is 0 Å². The number of aliphatic hydroxyl groups excluding tert-OH is 1. The van der Waals surface area contributed by atoms with Gasteiger partial charge in [-0.05, 0) is 12.3 Å². The fourth-order valence-corrected chi connectivity index (χ4v) is 1.85. The monoisotopic (exact) mass is 231 g/mol. The van der Waals surface area contributed by atoms with E-state index in [-0.39, 0.29) is 12.6 Å². The summed E-state index contributed by atoms with van der Waals surface area (Å²) in [7, 11) is 1.73. The molecule has 3 nitrogen and oxygen atoms in total. The standard InChI is InChI=1S/C13H29NO2/c1-5-7-8-12(10-16-4)14-13(9-15)11(3)6-2/h11-15H,5-10H2,1-4H3. The summed E-state index contributed by atoms with van der Waals surface area (Å²) in [6.07, 6.45) is 4.62. The maximum atomic E-state index is 9.37. The molecule has 0 aromatic rings. The molecule has 0 bridgehead atoms. The van der Waals surface area contributed by atoms with Gasteiger partial charge in [0.2, 0.25) is 0 Å². The molecular formula is C13H29NO2. The first-order valence-corrected chi connectivity index (χ1v) is 6.55. The molecule has 3 heteroatoms. The highest BCUT2D eigenvalue weighted by atomic mass is 16.5. The topological polar surface area (TPSA) is 41.5 Å². The van der Waals surface area contributed by atoms with E-state index in [4.69, 9.17) is 4.74 Å². The van der Waals surface area contributed by atoms with Crippen LogP contribution in [0.25, 0.3) is 0 Å². The number of hydrogen-bond donors (Lipinski definition) is 2. The summed E-state index contributed by atoms with van der Waals surface area (Å²) >= 11 is 0. The smallest absolute Gasteiger partial charge is 0.0615 e. The third kappa shape index (κ3) is 6.46. The molecule has 2 N–H and O–H groups in total. The molecule has 0 rings (SSSR count). The van der Waals surface area contributed by atoms with E-state index in [0.717, 1.165) is 19.4 Å². The molecular weight excluding hydrogens is 202 g/mol. The van der Waals surface area contributed by atoms with Crippen LogP contribution in [-0.4, -0.2) is 37.5 Å². The molecule has 0 aromatic carbocycles. The molecule has 0 aliphatic heterocycles. The van der Waals surface area contributed by atoms with Crippen molar-refractivity contribution in [1.29, 1.82) is 0 Å². The van der Waals surface area contributed by atoms with E-state index in [2.05, 4.69) is 26.1 Å². The molecule has 0 aliphatic rings. The highest BCUT2D eigenvalue weighted by Gasteiger charge is 2.18. The van der Waals surface area contributed by atoms with E-state index in [1.54, 1.807) is 7.11 Å². The van der Waals surface area contributed by atoms with Crippen LogP contribution in [0.15, 0.2) is 0 Å². The van der Waals surface area contributed by atoms with E-state index in [0.29, 0.717) is 12.0 Å². The number of aliphatic hydroxyl groups is 1. The minimum absolute atomic E-state index is 0.196. The van der Waals surface area contributed by atoms with Crippen LogP contribution in [0, 0.1) is 5.92 Å². The minimum atomic E-state index is 0.196. The van der Waals surface area contributed by atoms with Crippen LogP contribution in [0.4, 0.5) is 0 Å². The lowest BCUT2D eigenvalue weighted by atomic mass is 9.98. The molecule has 16 heavy (non-hydrogen) atoms. The number of ether oxygens (including phenoxy) is 1. The quantitative estimate of drug-likeness (QED) is 0.605. The minimum Gasteiger partial charge on any atom is -0.395 e. The Bertz CT molecular complexity index is 153. The maximum Gasteiger partial charge on any atom is 0.0615 e. The van der Waals surface area contributed by atoms with Gasteiger partial charge in [0.25, 0.3) is 0 Å². The fraction of sp³-hybridized carbons (Fsp3) is 1.00. The zero-order valence-corrected chi connectivity index (χ0v) is 11.3. The summed E-state index contributed by atoms with van der Waals surface area (Å²) in [5, 5.41) is 12.9. The number of hydrogen-bond acceptors (Lipinski definition) is 3. The number of nitrogens with one attached hydrogen (secondary N) is 1. The summed E-state index contributed by atoms with van der Waals surface area (Å²) in [5.41, 5.74) is 0. The first kappa shape index (κ1) is 15.9. The largest absolute Gasteiger partial charge is 0.395 e. The SMILES string of the molecule is CCCCC(COC)NC(CO)C(C)CC. The molecule has 98 valence electrons. The van der Waals surface area contributed by atoms with Gasteiger partial charge in [-0.25, -0.2) is 0 Å². The molecule has 0 amide bonds. The molecule has 0 radical (unpaired) electrons. The normalized spacial score (nSPS) is 17.1. The predicted octanol–water partition coefficient (Wildman–Crippen LogP) is 2.19. The van der Waals surface area contributed by atoms with E-state index in [1.165, 1.54) is 12.8 Å². The van der Waals surface area contributed by atoms with Gasteiger partial charge in [-0.15, -0.1) is 0 Å². The molecule has 0 aromatic heterocycles. The van der Waals surface area contributed by atoms with Gasteiger partial charge in [0.05, 0.1) is 13.2 Å². The Kier molecular flexibility index (Phi) is 9.99. The van der Waals surface area contributed by atoms with Gasteiger partial charge in [0.15, 0.2) is 0 Å². The Morgan fingerprint density at radius 3 is 2.44 bits per heavy atom. The molecule has 0 aliphatic carbocycles. The number of unbranched alkanes of at least 4 members (excludes halogenated alkanes) is 1. The van der Waals surface area contributed by atoms with Gasteiger partial charge in [-0.2, -0.15) is 0 Å². The third-order valence-electron chi connectivity index (χ3n) is 3.25. The van der Waals surface area contributed by atoms with Crippen molar-refractivity contribution in [2.75, 3.05) is 20.3 Å². The molecule has 3 unspecified atom stereocenters. The number of methoxy groups -OCH3 is 1. The van der Waals surface area contributed by atoms with Crippen LogP contribution >= 0.6 is 0 Å². The fourth-order valence-electron chi connectivity index (χ4n) is 1.85. The van der Waals surface area contributed by atoms with Crippen molar-refractivity contribution in [3.05, 3.63) is 0 Å². The molecule has 3 atom stereocenters. The van der Waals surface area contributed by atoms with Gasteiger partial charge < -0.3 is 15.2 Å². The highest BCUT2D eigenvalue weighted by molar-refractivity contribution is 4.77. The first-order chi connectivity index (χ1) is 7.69. The summed E-state index contributed by atoms with van der Waals surface area (Å²) < 4.78 is 5.22. The van der Waals surface area contributed by atoms with E-state index in [1.807, 2.05) is 0 Å². The van der Waals surface area contributed by atoms with Crippen LogP contribution in [0.3, 0.4) is 0 Å². The Morgan fingerprint density at radius 1 is 1.31 bits per heavy atom. The highest BCUT2D eigenvalue weighted by Crippen LogP contribution is 2.10. The molecule has 0 heterocycles. The van der Waals surface area contributed by atoms with Crippen LogP contribution < -0.4 is 5.32 Å². The summed E-state index contributed by atoms with van der Waals surface area (Å²) in [4.78, 5) is 0. The second-order valence-corrected chi connectivity index (χ2v) is 4.64. The van der Waals surface area contributed by atoms with Crippen molar-refractivity contribution in [3.8, 4) is 0 Å². The maximum absolute atomic E-state index is 9.37. The Labute approximate surface area is 101 Å². The zero-order chi connectivity index (χ0) is 12.4. The Balaban J connectivity index is 4.10. The first-order valence-electron chi connectivity index (χ1n) is 6.55. The van der Waals surface area contributed by atoms with Crippen molar-refractivity contribution in [3.63, 3.8) is 0 Å². The van der Waals surface area contributed by atoms with Crippen molar-refractivity contribution >= 4 is 0 Å². The van der Waals surface area contributed by atoms with Crippen molar-refractivity contribution in [1.82, 2.24) is 5.32 Å². The summed E-state index contributed by atoms with van der Waals surface area (Å²) in [6, 6.07) is 0.568. The second-order valence-electron chi connectivity index (χ2n) is 4.64. The second kappa shape index (κ2) is 10.1. The van der Waals surface area contributed by atoms with Gasteiger partial charge in [0.1, 0.15) is 0 Å². The van der Waals surface area contributed by atoms with Crippen molar-refractivity contribution in [2.45, 2.75) is 58.5 Å². The van der Waals surface area contributed by atoms with Crippen LogP contribution in [-0.2, 0) is 4.74 Å². The molecule has 0 fully saturated rings. The van der Waals surface area contributed by atoms with E-state index >= 15 is 0 Å². The van der Waals surface area contributed by atoms with Gasteiger partial charge >= 0.3 is 0 Å². The van der Waals surface area contributed by atoms with Crippen LogP contribution in [0.1, 0.15) is 46.5 Å². The lowest BCUT2D eigenvalue weighted by molar-refractivity contribution is 0.129. The van der Waals surface area contributed by atoms with Crippen molar-refractivity contribution in [2.24, 2.45) is 5.92 Å². The van der Waals surface area contributed by atoms with Crippen molar-refractivity contribution < 1.29 is 9.84 Å². The van der Waals surface area contributed by atoms with E-state index in [9.17, 15) is 5.11 Å². The lowest BCUT2D eigenvalue weighted by Gasteiger charge is -2.28. The molecule has 0 saturated carbocycles. The van der Waals surface area contributed by atoms with E-state index < -0.39 is 0 Å². The van der Waals surface area contributed by atoms with Gasteiger partial charge in [-0.1, -0.05) is 40.0 Å². The number of rotatable bonds is 10. The Hall–Kier alpha value is -0.120. The van der Waals surface area contributed by atoms with Gasteiger partial charge in [-0.3, -0.25) is 0 Å². The lowest BCUT2D eigenvalue weighted by Crippen LogP contribution is -2.46. The molecule has 0 spiro atoms. The van der Waals surface area contributed by atoms with Crippen LogP contribution in [0.5, 0.6) is 0 Å². The summed E-state index contributed by atoms with van der Waals surface area (Å²) in [6.45, 7) is 7.47. The third-order valence-corrected chi connectivity index (χ3v) is 3.25.